The molecule has 1 aromatic heterocycles. The normalized spacial score (nSPS) is 17.3. The molecule has 1 aromatic carbocycles. The zero-order valence-corrected chi connectivity index (χ0v) is 17.9. The SMILES string of the molecule is CCOC(=O)c1ccc(S(=O)(=O)N2CCCC(C(=O)Nc3ccc(Cl)cn3)C2)cc1. The second-order valence-electron chi connectivity index (χ2n) is 6.80. The van der Waals surface area contributed by atoms with Crippen molar-refractivity contribution in [2.45, 2.75) is 24.7 Å². The van der Waals surface area contributed by atoms with Gasteiger partial charge in [0.15, 0.2) is 0 Å². The van der Waals surface area contributed by atoms with Crippen molar-refractivity contribution in [2.75, 3.05) is 25.0 Å². The lowest BCUT2D eigenvalue weighted by Gasteiger charge is -2.31. The van der Waals surface area contributed by atoms with E-state index >= 15 is 0 Å². The summed E-state index contributed by atoms with van der Waals surface area (Å²) in [5.41, 5.74) is 0.280. The summed E-state index contributed by atoms with van der Waals surface area (Å²) in [5.74, 6) is -0.932. The van der Waals surface area contributed by atoms with Crippen LogP contribution in [-0.2, 0) is 19.6 Å². The van der Waals surface area contributed by atoms with Crippen molar-refractivity contribution in [2.24, 2.45) is 5.92 Å². The second kappa shape index (κ2) is 9.55. The predicted octanol–water partition coefficient (Wildman–Crippen LogP) is 2.95. The third-order valence-electron chi connectivity index (χ3n) is 4.74. The quantitative estimate of drug-likeness (QED) is 0.677. The smallest absolute Gasteiger partial charge is 0.338 e. The lowest BCUT2D eigenvalue weighted by molar-refractivity contribution is -0.120. The lowest BCUT2D eigenvalue weighted by atomic mass is 9.99. The van der Waals surface area contributed by atoms with E-state index in [1.54, 1.807) is 19.1 Å². The average Bonchev–Trinajstić information content (AvgIpc) is 2.75. The van der Waals surface area contributed by atoms with Crippen LogP contribution in [-0.4, -0.2) is 49.3 Å². The van der Waals surface area contributed by atoms with Gasteiger partial charge < -0.3 is 10.1 Å². The molecule has 0 bridgehead atoms. The third-order valence-corrected chi connectivity index (χ3v) is 6.84. The van der Waals surface area contributed by atoms with Crippen LogP contribution in [0, 0.1) is 5.92 Å². The van der Waals surface area contributed by atoms with Gasteiger partial charge in [-0.3, -0.25) is 4.79 Å². The van der Waals surface area contributed by atoms with E-state index in [2.05, 4.69) is 10.3 Å². The fourth-order valence-electron chi connectivity index (χ4n) is 3.18. The first-order valence-corrected chi connectivity index (χ1v) is 11.3. The maximum absolute atomic E-state index is 13.0. The van der Waals surface area contributed by atoms with Gasteiger partial charge in [0.1, 0.15) is 5.82 Å². The van der Waals surface area contributed by atoms with Crippen LogP contribution in [0.2, 0.25) is 5.02 Å². The Morgan fingerprint density at radius 2 is 1.97 bits per heavy atom. The highest BCUT2D eigenvalue weighted by molar-refractivity contribution is 7.89. The topological polar surface area (TPSA) is 106 Å². The van der Waals surface area contributed by atoms with E-state index in [0.29, 0.717) is 30.2 Å². The number of esters is 1. The first kappa shape index (κ1) is 22.2. The summed E-state index contributed by atoms with van der Waals surface area (Å²) in [6.45, 7) is 2.33. The number of sulfonamides is 1. The Morgan fingerprint density at radius 3 is 2.60 bits per heavy atom. The summed E-state index contributed by atoms with van der Waals surface area (Å²) >= 11 is 5.79. The van der Waals surface area contributed by atoms with Crippen LogP contribution < -0.4 is 5.32 Å². The minimum Gasteiger partial charge on any atom is -0.462 e. The van der Waals surface area contributed by atoms with Crippen LogP contribution in [0.4, 0.5) is 5.82 Å². The van der Waals surface area contributed by atoms with E-state index in [4.69, 9.17) is 16.3 Å². The summed E-state index contributed by atoms with van der Waals surface area (Å²) in [6.07, 6.45) is 2.56. The highest BCUT2D eigenvalue weighted by Gasteiger charge is 2.33. The molecule has 1 atom stereocenters. The zero-order chi connectivity index (χ0) is 21.7. The number of anilines is 1. The third kappa shape index (κ3) is 5.16. The molecule has 0 saturated carbocycles. The molecule has 1 aliphatic rings. The molecule has 1 aliphatic heterocycles. The maximum atomic E-state index is 13.0. The molecular formula is C20H22ClN3O5S. The molecule has 160 valence electrons. The molecular weight excluding hydrogens is 430 g/mol. The molecule has 1 amide bonds. The molecule has 1 unspecified atom stereocenters. The molecule has 0 spiro atoms. The number of aromatic nitrogens is 1. The van der Waals surface area contributed by atoms with Gasteiger partial charge in [-0.05, 0) is 56.2 Å². The van der Waals surface area contributed by atoms with Crippen molar-refractivity contribution >= 4 is 39.3 Å². The Hall–Kier alpha value is -2.49. The van der Waals surface area contributed by atoms with Crippen molar-refractivity contribution < 1.29 is 22.7 Å². The summed E-state index contributed by atoms with van der Waals surface area (Å²) in [4.78, 5) is 28.4. The predicted molar refractivity (Wildman–Crippen MR) is 112 cm³/mol. The zero-order valence-electron chi connectivity index (χ0n) is 16.4. The molecule has 10 heteroatoms. The number of nitrogens with one attached hydrogen (secondary N) is 1. The second-order valence-corrected chi connectivity index (χ2v) is 9.17. The first-order chi connectivity index (χ1) is 14.3. The molecule has 3 rings (SSSR count). The van der Waals surface area contributed by atoms with Crippen LogP contribution in [0.1, 0.15) is 30.1 Å². The lowest BCUT2D eigenvalue weighted by Crippen LogP contribution is -2.43. The van der Waals surface area contributed by atoms with Crippen molar-refractivity contribution in [1.29, 1.82) is 0 Å². The summed E-state index contributed by atoms with van der Waals surface area (Å²) in [6, 6.07) is 8.80. The number of piperidine rings is 1. The number of rotatable bonds is 6. The van der Waals surface area contributed by atoms with Crippen molar-refractivity contribution in [3.63, 3.8) is 0 Å². The highest BCUT2D eigenvalue weighted by atomic mass is 35.5. The van der Waals surface area contributed by atoms with Gasteiger partial charge in [0.05, 0.1) is 28.0 Å². The van der Waals surface area contributed by atoms with Gasteiger partial charge >= 0.3 is 5.97 Å². The van der Waals surface area contributed by atoms with E-state index in [1.807, 2.05) is 0 Å². The molecule has 1 N–H and O–H groups in total. The Morgan fingerprint density at radius 1 is 1.23 bits per heavy atom. The number of amides is 1. The molecule has 2 heterocycles. The van der Waals surface area contributed by atoms with Crippen molar-refractivity contribution in [1.82, 2.24) is 9.29 Å². The van der Waals surface area contributed by atoms with E-state index in [-0.39, 0.29) is 29.5 Å². The number of carbonyl (C=O) groups is 2. The molecule has 30 heavy (non-hydrogen) atoms. The van der Waals surface area contributed by atoms with Crippen molar-refractivity contribution in [3.8, 4) is 0 Å². The molecule has 1 fully saturated rings. The molecule has 8 nitrogen and oxygen atoms in total. The van der Waals surface area contributed by atoms with Gasteiger partial charge in [0.2, 0.25) is 15.9 Å². The highest BCUT2D eigenvalue weighted by Crippen LogP contribution is 2.25. The molecule has 2 aromatic rings. The van der Waals surface area contributed by atoms with Gasteiger partial charge in [0.25, 0.3) is 0 Å². The minimum atomic E-state index is -3.79. The van der Waals surface area contributed by atoms with Crippen LogP contribution >= 0.6 is 11.6 Å². The monoisotopic (exact) mass is 451 g/mol. The number of hydrogen-bond donors (Lipinski definition) is 1. The molecule has 0 aliphatic carbocycles. The Kier molecular flexibility index (Phi) is 7.06. The van der Waals surface area contributed by atoms with Gasteiger partial charge in [0, 0.05) is 19.3 Å². The van der Waals surface area contributed by atoms with Gasteiger partial charge in [-0.25, -0.2) is 18.2 Å². The van der Waals surface area contributed by atoms with Crippen LogP contribution in [0.15, 0.2) is 47.5 Å². The molecule has 0 radical (unpaired) electrons. The Balaban J connectivity index is 1.69. The number of nitrogens with zero attached hydrogens (tertiary/aromatic N) is 2. The molecule has 1 saturated heterocycles. The minimum absolute atomic E-state index is 0.0657. The maximum Gasteiger partial charge on any atom is 0.338 e. The van der Waals surface area contributed by atoms with Gasteiger partial charge in [-0.15, -0.1) is 0 Å². The number of hydrogen-bond acceptors (Lipinski definition) is 6. The summed E-state index contributed by atoms with van der Waals surface area (Å²) < 4.78 is 32.2. The van der Waals surface area contributed by atoms with Crippen molar-refractivity contribution in [3.05, 3.63) is 53.2 Å². The van der Waals surface area contributed by atoms with E-state index < -0.39 is 21.9 Å². The number of ether oxygens (including phenoxy) is 1. The fourth-order valence-corrected chi connectivity index (χ4v) is 4.81. The standard InChI is InChI=1S/C20H22ClN3O5S/c1-2-29-20(26)14-5-8-17(9-6-14)30(27,28)24-11-3-4-15(13-24)19(25)23-18-10-7-16(21)12-22-18/h5-10,12,15H,2-4,11,13H2,1H3,(H,22,23,25). The average molecular weight is 452 g/mol. The first-order valence-electron chi connectivity index (χ1n) is 9.51. The fraction of sp³-hybridized carbons (Fsp3) is 0.350. The van der Waals surface area contributed by atoms with Crippen LogP contribution in [0.5, 0.6) is 0 Å². The number of halogens is 1. The van der Waals surface area contributed by atoms with E-state index in [0.717, 1.165) is 0 Å². The van der Waals surface area contributed by atoms with Crippen LogP contribution in [0.25, 0.3) is 0 Å². The number of benzene rings is 1. The van der Waals surface area contributed by atoms with E-state index in [9.17, 15) is 18.0 Å². The van der Waals surface area contributed by atoms with Gasteiger partial charge in [-0.1, -0.05) is 11.6 Å². The Labute approximate surface area is 180 Å². The van der Waals surface area contributed by atoms with Crippen LogP contribution in [0.3, 0.4) is 0 Å². The largest absolute Gasteiger partial charge is 0.462 e. The van der Waals surface area contributed by atoms with E-state index in [1.165, 1.54) is 34.8 Å². The summed E-state index contributed by atoms with van der Waals surface area (Å²) in [5, 5.41) is 3.16. The number of pyridine rings is 1. The Bertz CT molecular complexity index is 1010. The number of carbonyl (C=O) groups excluding carboxylic acids is 2. The van der Waals surface area contributed by atoms with Gasteiger partial charge in [-0.2, -0.15) is 4.31 Å². The summed E-state index contributed by atoms with van der Waals surface area (Å²) in [7, 11) is -3.79.